The van der Waals surface area contributed by atoms with E-state index >= 15 is 0 Å². The van der Waals surface area contributed by atoms with Gasteiger partial charge in [-0.05, 0) is 71.8 Å². The predicted octanol–water partition coefficient (Wildman–Crippen LogP) is 6.99. The summed E-state index contributed by atoms with van der Waals surface area (Å²) in [6.45, 7) is 1.73. The quantitative estimate of drug-likeness (QED) is 0.262. The fourth-order valence-electron chi connectivity index (χ4n) is 4.37. The summed E-state index contributed by atoms with van der Waals surface area (Å²) in [6.07, 6.45) is -3.07. The lowest BCUT2D eigenvalue weighted by Gasteiger charge is -2.17. The molecule has 186 valence electrons. The van der Waals surface area contributed by atoms with Crippen LogP contribution < -0.4 is 9.47 Å². The number of hydrogen-bond acceptors (Lipinski definition) is 4. The molecule has 0 aliphatic heterocycles. The number of aryl methyl sites for hydroxylation is 1. The first-order valence-corrected chi connectivity index (χ1v) is 11.5. The fraction of sp³-hybridized carbons (Fsp3) is 0.276. The monoisotopic (exact) mass is 494 g/mol. The summed E-state index contributed by atoms with van der Waals surface area (Å²) in [6, 6.07) is 19.4. The third-order valence-electron chi connectivity index (χ3n) is 6.04. The number of hydrogen-bond donors (Lipinski definition) is 0. The lowest BCUT2D eigenvalue weighted by molar-refractivity contribution is -0.274. The highest BCUT2D eigenvalue weighted by Gasteiger charge is 2.31. The van der Waals surface area contributed by atoms with Crippen LogP contribution in [0.1, 0.15) is 48.5 Å². The Hall–Kier alpha value is -3.92. The molecule has 0 saturated carbocycles. The summed E-state index contributed by atoms with van der Waals surface area (Å²) in [5, 5.41) is 0. The van der Waals surface area contributed by atoms with Crippen molar-refractivity contribution < 1.29 is 32.2 Å². The Balaban J connectivity index is 1.47. The van der Waals surface area contributed by atoms with E-state index in [1.165, 1.54) is 19.2 Å². The van der Waals surface area contributed by atoms with Gasteiger partial charge in [0.05, 0.1) is 19.4 Å². The number of rotatable bonds is 7. The molecule has 0 saturated heterocycles. The number of ether oxygens (including phenoxy) is 3. The van der Waals surface area contributed by atoms with E-state index in [9.17, 15) is 18.0 Å². The summed E-state index contributed by atoms with van der Waals surface area (Å²) in [5.74, 6) is 5.81. The molecule has 0 amide bonds. The van der Waals surface area contributed by atoms with Crippen molar-refractivity contribution in [2.75, 3.05) is 7.11 Å². The molecule has 1 aliphatic carbocycles. The Bertz CT molecular complexity index is 1290. The smallest absolute Gasteiger partial charge is 0.486 e. The number of carbonyl (C=O) groups is 1. The maximum Gasteiger partial charge on any atom is 0.573 e. The van der Waals surface area contributed by atoms with Gasteiger partial charge < -0.3 is 14.2 Å². The standard InChI is InChI=1S/C29H25F3O4/c1-3-5-20(18-28(33)34-2)19-8-12-24(13-9-19)35-27-15-11-23-16-22(10-14-26(23)27)21-6-4-7-25(17-21)36-29(30,31)32/h4,6-10,12-14,16-17,20,27H,11,15,18H2,1-2H3/t20-,27?/m0/s1. The highest BCUT2D eigenvalue weighted by Crippen LogP contribution is 2.38. The van der Waals surface area contributed by atoms with Crippen LogP contribution in [-0.2, 0) is 16.0 Å². The summed E-state index contributed by atoms with van der Waals surface area (Å²) in [4.78, 5) is 11.7. The molecule has 0 fully saturated rings. The van der Waals surface area contributed by atoms with E-state index in [-0.39, 0.29) is 30.2 Å². The van der Waals surface area contributed by atoms with E-state index < -0.39 is 6.36 Å². The molecule has 2 atom stereocenters. The van der Waals surface area contributed by atoms with Crippen molar-refractivity contribution in [3.63, 3.8) is 0 Å². The zero-order chi connectivity index (χ0) is 25.7. The average molecular weight is 495 g/mol. The van der Waals surface area contributed by atoms with Crippen LogP contribution in [0.25, 0.3) is 11.1 Å². The highest BCUT2D eigenvalue weighted by atomic mass is 19.4. The minimum absolute atomic E-state index is 0.124. The lowest BCUT2D eigenvalue weighted by Crippen LogP contribution is -2.17. The number of alkyl halides is 3. The molecule has 0 bridgehead atoms. The Morgan fingerprint density at radius 3 is 2.47 bits per heavy atom. The van der Waals surface area contributed by atoms with E-state index in [1.807, 2.05) is 42.5 Å². The van der Waals surface area contributed by atoms with Gasteiger partial charge in [0.15, 0.2) is 0 Å². The second-order valence-electron chi connectivity index (χ2n) is 8.43. The van der Waals surface area contributed by atoms with Crippen molar-refractivity contribution in [1.82, 2.24) is 0 Å². The molecule has 4 rings (SSSR count). The van der Waals surface area contributed by atoms with Gasteiger partial charge in [-0.2, -0.15) is 0 Å². The molecule has 7 heteroatoms. The molecule has 1 aliphatic rings. The number of carbonyl (C=O) groups excluding carboxylic acids is 1. The number of methoxy groups -OCH3 is 1. The maximum absolute atomic E-state index is 12.6. The van der Waals surface area contributed by atoms with Crippen LogP contribution in [0.3, 0.4) is 0 Å². The first kappa shape index (κ1) is 25.2. The van der Waals surface area contributed by atoms with Crippen molar-refractivity contribution in [2.45, 2.75) is 44.6 Å². The van der Waals surface area contributed by atoms with E-state index in [0.717, 1.165) is 35.1 Å². The summed E-state index contributed by atoms with van der Waals surface area (Å²) in [5.41, 5.74) is 4.55. The van der Waals surface area contributed by atoms with Gasteiger partial charge in [0.2, 0.25) is 0 Å². The molecule has 0 heterocycles. The van der Waals surface area contributed by atoms with Crippen molar-refractivity contribution in [2.24, 2.45) is 0 Å². The molecule has 0 N–H and O–H groups in total. The van der Waals surface area contributed by atoms with Crippen LogP contribution in [0.4, 0.5) is 13.2 Å². The van der Waals surface area contributed by atoms with E-state index in [2.05, 4.69) is 16.6 Å². The Labute approximate surface area is 208 Å². The van der Waals surface area contributed by atoms with Crippen LogP contribution >= 0.6 is 0 Å². The van der Waals surface area contributed by atoms with Crippen LogP contribution in [0.5, 0.6) is 11.5 Å². The molecule has 1 unspecified atom stereocenters. The molecule has 0 radical (unpaired) electrons. The number of benzene rings is 3. The summed E-state index contributed by atoms with van der Waals surface area (Å²) in [7, 11) is 1.36. The zero-order valence-electron chi connectivity index (χ0n) is 19.9. The lowest BCUT2D eigenvalue weighted by atomic mass is 9.96. The topological polar surface area (TPSA) is 44.8 Å². The second-order valence-corrected chi connectivity index (χ2v) is 8.43. The van der Waals surface area contributed by atoms with E-state index in [4.69, 9.17) is 9.47 Å². The minimum Gasteiger partial charge on any atom is -0.486 e. The van der Waals surface area contributed by atoms with Crippen molar-refractivity contribution in [1.29, 1.82) is 0 Å². The summed E-state index contributed by atoms with van der Waals surface area (Å²) < 4.78 is 52.8. The average Bonchev–Trinajstić information content (AvgIpc) is 3.25. The largest absolute Gasteiger partial charge is 0.573 e. The van der Waals surface area contributed by atoms with Gasteiger partial charge in [-0.25, -0.2) is 0 Å². The van der Waals surface area contributed by atoms with Crippen molar-refractivity contribution in [3.8, 4) is 34.5 Å². The number of fused-ring (bicyclic) bond motifs is 1. The molecule has 0 aromatic heterocycles. The molecule has 36 heavy (non-hydrogen) atoms. The SMILES string of the molecule is CC#C[C@@H](CC(=O)OC)c1ccc(OC2CCc3cc(-c4cccc(OC(F)(F)F)c4)ccc32)cc1. The third kappa shape index (κ3) is 6.19. The first-order chi connectivity index (χ1) is 17.3. The highest BCUT2D eigenvalue weighted by molar-refractivity contribution is 5.71. The van der Waals surface area contributed by atoms with Gasteiger partial charge in [0, 0.05) is 0 Å². The maximum atomic E-state index is 12.6. The Kier molecular flexibility index (Phi) is 7.54. The van der Waals surface area contributed by atoms with Crippen LogP contribution in [-0.4, -0.2) is 19.4 Å². The van der Waals surface area contributed by atoms with E-state index in [1.54, 1.807) is 19.1 Å². The fourth-order valence-corrected chi connectivity index (χ4v) is 4.37. The van der Waals surface area contributed by atoms with Crippen LogP contribution in [0.2, 0.25) is 0 Å². The molecular weight excluding hydrogens is 469 g/mol. The van der Waals surface area contributed by atoms with Crippen LogP contribution in [0.15, 0.2) is 66.7 Å². The van der Waals surface area contributed by atoms with Gasteiger partial charge in [0.25, 0.3) is 0 Å². The molecule has 3 aromatic carbocycles. The van der Waals surface area contributed by atoms with Crippen molar-refractivity contribution in [3.05, 3.63) is 83.4 Å². The van der Waals surface area contributed by atoms with Gasteiger partial charge >= 0.3 is 12.3 Å². The van der Waals surface area contributed by atoms with Gasteiger partial charge in [0.1, 0.15) is 17.6 Å². The second kappa shape index (κ2) is 10.8. The Morgan fingerprint density at radius 2 is 1.78 bits per heavy atom. The summed E-state index contributed by atoms with van der Waals surface area (Å²) >= 11 is 0. The van der Waals surface area contributed by atoms with Crippen LogP contribution in [0, 0.1) is 11.8 Å². The molecule has 4 nitrogen and oxygen atoms in total. The first-order valence-electron chi connectivity index (χ1n) is 11.5. The normalized spacial score (nSPS) is 15.3. The van der Waals surface area contributed by atoms with Gasteiger partial charge in [-0.15, -0.1) is 19.1 Å². The minimum atomic E-state index is -4.73. The predicted molar refractivity (Wildman–Crippen MR) is 130 cm³/mol. The van der Waals surface area contributed by atoms with Crippen molar-refractivity contribution >= 4 is 5.97 Å². The zero-order valence-corrected chi connectivity index (χ0v) is 19.9. The number of esters is 1. The molecular formula is C29H25F3O4. The number of halogens is 3. The molecule has 3 aromatic rings. The van der Waals surface area contributed by atoms with Gasteiger partial charge in [-0.3, -0.25) is 4.79 Å². The van der Waals surface area contributed by atoms with E-state index in [0.29, 0.717) is 11.3 Å². The Morgan fingerprint density at radius 1 is 1.03 bits per heavy atom. The molecule has 0 spiro atoms. The van der Waals surface area contributed by atoms with Gasteiger partial charge in [-0.1, -0.05) is 48.4 Å². The third-order valence-corrected chi connectivity index (χ3v) is 6.04.